The molecule has 3 heteroatoms. The fourth-order valence-corrected chi connectivity index (χ4v) is 2.17. The Labute approximate surface area is 108 Å². The normalized spacial score (nSPS) is 13.0. The minimum Gasteiger partial charge on any atom is -0.382 e. The maximum absolute atomic E-state index is 10.6. The van der Waals surface area contributed by atoms with E-state index in [9.17, 15) is 5.11 Å². The molecule has 0 amide bonds. The second kappa shape index (κ2) is 4.94. The molecule has 0 fully saturated rings. The van der Waals surface area contributed by atoms with Gasteiger partial charge in [-0.25, -0.2) is 4.98 Å². The maximum atomic E-state index is 10.6. The van der Waals surface area contributed by atoms with Crippen molar-refractivity contribution in [2.75, 3.05) is 0 Å². The highest BCUT2D eigenvalue weighted by atomic mass is 16.3. The van der Waals surface area contributed by atoms with E-state index in [2.05, 4.69) is 24.9 Å². The second-order valence-electron chi connectivity index (χ2n) is 5.08. The minimum absolute atomic E-state index is 0.294. The lowest BCUT2D eigenvalue weighted by Crippen LogP contribution is -2.11. The zero-order chi connectivity index (χ0) is 13.3. The number of rotatable bonds is 3. The lowest BCUT2D eigenvalue weighted by molar-refractivity contribution is 0.207. The van der Waals surface area contributed by atoms with Crippen LogP contribution in [0.3, 0.4) is 0 Å². The third kappa shape index (κ3) is 2.31. The number of aromatic nitrogens is 2. The van der Waals surface area contributed by atoms with Crippen molar-refractivity contribution in [1.82, 2.24) is 9.55 Å². The van der Waals surface area contributed by atoms with Crippen molar-refractivity contribution in [2.24, 2.45) is 0 Å². The molecule has 2 aromatic rings. The van der Waals surface area contributed by atoms with Crippen molar-refractivity contribution in [2.45, 2.75) is 39.8 Å². The highest BCUT2D eigenvalue weighted by Gasteiger charge is 2.18. The third-order valence-corrected chi connectivity index (χ3v) is 3.26. The predicted molar refractivity (Wildman–Crippen MR) is 72.6 cm³/mol. The van der Waals surface area contributed by atoms with Crippen molar-refractivity contribution >= 4 is 0 Å². The van der Waals surface area contributed by atoms with Gasteiger partial charge < -0.3 is 9.67 Å². The molecule has 0 aliphatic carbocycles. The summed E-state index contributed by atoms with van der Waals surface area (Å²) in [6.07, 6.45) is 2.90. The predicted octanol–water partition coefficient (Wildman–Crippen LogP) is 3.16. The molecule has 1 aromatic carbocycles. The van der Waals surface area contributed by atoms with Crippen molar-refractivity contribution < 1.29 is 5.11 Å². The first kappa shape index (κ1) is 12.8. The molecule has 0 aliphatic rings. The molecule has 18 heavy (non-hydrogen) atoms. The molecular weight excluding hydrogens is 224 g/mol. The van der Waals surface area contributed by atoms with Gasteiger partial charge in [0.25, 0.3) is 0 Å². The van der Waals surface area contributed by atoms with E-state index in [4.69, 9.17) is 0 Å². The first-order valence-electron chi connectivity index (χ1n) is 6.27. The number of aliphatic hydroxyl groups is 1. The van der Waals surface area contributed by atoms with Crippen LogP contribution in [0, 0.1) is 13.8 Å². The lowest BCUT2D eigenvalue weighted by Gasteiger charge is -2.18. The van der Waals surface area contributed by atoms with Gasteiger partial charge in [-0.1, -0.05) is 23.8 Å². The van der Waals surface area contributed by atoms with Crippen molar-refractivity contribution in [3.63, 3.8) is 0 Å². The van der Waals surface area contributed by atoms with Crippen LogP contribution < -0.4 is 0 Å². The van der Waals surface area contributed by atoms with Gasteiger partial charge in [-0.05, 0) is 38.8 Å². The van der Waals surface area contributed by atoms with Gasteiger partial charge in [0.05, 0.1) is 18.2 Å². The Balaban J connectivity index is 2.44. The summed E-state index contributed by atoms with van der Waals surface area (Å²) in [7, 11) is 0. The number of aryl methyl sites for hydroxylation is 2. The lowest BCUT2D eigenvalue weighted by atomic mass is 9.99. The Morgan fingerprint density at radius 1 is 1.22 bits per heavy atom. The van der Waals surface area contributed by atoms with Gasteiger partial charge in [-0.2, -0.15) is 0 Å². The van der Waals surface area contributed by atoms with Gasteiger partial charge in [0.15, 0.2) is 0 Å². The van der Waals surface area contributed by atoms with E-state index >= 15 is 0 Å². The average molecular weight is 244 g/mol. The molecule has 1 heterocycles. The van der Waals surface area contributed by atoms with Gasteiger partial charge in [0.2, 0.25) is 0 Å². The van der Waals surface area contributed by atoms with E-state index in [0.717, 1.165) is 22.4 Å². The molecule has 0 bridgehead atoms. The molecule has 0 radical (unpaired) electrons. The molecule has 1 atom stereocenters. The molecule has 0 saturated carbocycles. The Hall–Kier alpha value is -1.61. The zero-order valence-corrected chi connectivity index (χ0v) is 11.4. The van der Waals surface area contributed by atoms with Crippen LogP contribution in [0.25, 0.3) is 0 Å². The van der Waals surface area contributed by atoms with Crippen LogP contribution >= 0.6 is 0 Å². The molecule has 0 spiro atoms. The highest BCUT2D eigenvalue weighted by molar-refractivity contribution is 5.35. The molecule has 1 unspecified atom stereocenters. The number of nitrogens with zero attached hydrogens (tertiary/aromatic N) is 2. The summed E-state index contributed by atoms with van der Waals surface area (Å²) in [6, 6.07) is 6.44. The standard InChI is InChI=1S/C15H20N2O/c1-10(2)17-9-16-8-14(17)15(18)13-7-11(3)5-6-12(13)4/h5-10,15,18H,1-4H3. The van der Waals surface area contributed by atoms with Crippen molar-refractivity contribution in [3.8, 4) is 0 Å². The number of hydrogen-bond acceptors (Lipinski definition) is 2. The molecule has 96 valence electrons. The minimum atomic E-state index is -0.616. The van der Waals surface area contributed by atoms with Crippen LogP contribution in [0.4, 0.5) is 0 Å². The maximum Gasteiger partial charge on any atom is 0.121 e. The number of aliphatic hydroxyl groups excluding tert-OH is 1. The molecule has 0 aliphatic heterocycles. The van der Waals surface area contributed by atoms with E-state index in [1.54, 1.807) is 12.5 Å². The fourth-order valence-electron chi connectivity index (χ4n) is 2.17. The number of benzene rings is 1. The Bertz CT molecular complexity index is 543. The van der Waals surface area contributed by atoms with Crippen LogP contribution in [0.2, 0.25) is 0 Å². The van der Waals surface area contributed by atoms with E-state index < -0.39 is 6.10 Å². The SMILES string of the molecule is Cc1ccc(C)c(C(O)c2cncn2C(C)C)c1. The average Bonchev–Trinajstić information content (AvgIpc) is 2.80. The molecular formula is C15H20N2O. The van der Waals surface area contributed by atoms with Crippen LogP contribution in [-0.4, -0.2) is 14.7 Å². The van der Waals surface area contributed by atoms with Crippen LogP contribution in [-0.2, 0) is 0 Å². The van der Waals surface area contributed by atoms with Crippen LogP contribution in [0.1, 0.15) is 48.4 Å². The number of imidazole rings is 1. The van der Waals surface area contributed by atoms with E-state index in [-0.39, 0.29) is 0 Å². The topological polar surface area (TPSA) is 38.1 Å². The Morgan fingerprint density at radius 3 is 2.61 bits per heavy atom. The highest BCUT2D eigenvalue weighted by Crippen LogP contribution is 2.27. The van der Waals surface area contributed by atoms with E-state index in [1.807, 2.05) is 30.5 Å². The summed E-state index contributed by atoms with van der Waals surface area (Å²) >= 11 is 0. The van der Waals surface area contributed by atoms with Crippen LogP contribution in [0.5, 0.6) is 0 Å². The van der Waals surface area contributed by atoms with Gasteiger partial charge in [-0.15, -0.1) is 0 Å². The largest absolute Gasteiger partial charge is 0.382 e. The summed E-state index contributed by atoms with van der Waals surface area (Å²) in [5, 5.41) is 10.6. The Morgan fingerprint density at radius 2 is 1.94 bits per heavy atom. The molecule has 1 aromatic heterocycles. The summed E-state index contributed by atoms with van der Waals surface area (Å²) in [4.78, 5) is 4.15. The third-order valence-electron chi connectivity index (χ3n) is 3.26. The second-order valence-corrected chi connectivity index (χ2v) is 5.08. The molecule has 0 saturated heterocycles. The zero-order valence-electron chi connectivity index (χ0n) is 11.4. The number of hydrogen-bond donors (Lipinski definition) is 1. The van der Waals surface area contributed by atoms with Crippen molar-refractivity contribution in [3.05, 3.63) is 53.1 Å². The van der Waals surface area contributed by atoms with E-state index in [0.29, 0.717) is 6.04 Å². The summed E-state index contributed by atoms with van der Waals surface area (Å²) in [5.41, 5.74) is 4.06. The molecule has 2 rings (SSSR count). The van der Waals surface area contributed by atoms with Gasteiger partial charge in [0, 0.05) is 6.04 Å². The Kier molecular flexibility index (Phi) is 3.53. The summed E-state index contributed by atoms with van der Waals surface area (Å²) < 4.78 is 2.01. The molecule has 3 nitrogen and oxygen atoms in total. The van der Waals surface area contributed by atoms with Crippen LogP contribution in [0.15, 0.2) is 30.7 Å². The monoisotopic (exact) mass is 244 g/mol. The first-order chi connectivity index (χ1) is 8.50. The first-order valence-corrected chi connectivity index (χ1v) is 6.27. The summed E-state index contributed by atoms with van der Waals surface area (Å²) in [6.45, 7) is 8.23. The fraction of sp³-hybridized carbons (Fsp3) is 0.400. The molecule has 1 N–H and O–H groups in total. The van der Waals surface area contributed by atoms with Gasteiger partial charge in [0.1, 0.15) is 6.10 Å². The van der Waals surface area contributed by atoms with E-state index in [1.165, 1.54) is 0 Å². The quantitative estimate of drug-likeness (QED) is 0.900. The smallest absolute Gasteiger partial charge is 0.121 e. The van der Waals surface area contributed by atoms with Crippen molar-refractivity contribution in [1.29, 1.82) is 0 Å². The summed E-state index contributed by atoms with van der Waals surface area (Å²) in [5.74, 6) is 0. The van der Waals surface area contributed by atoms with Gasteiger partial charge in [-0.3, -0.25) is 0 Å². The van der Waals surface area contributed by atoms with Gasteiger partial charge >= 0.3 is 0 Å².